The summed E-state index contributed by atoms with van der Waals surface area (Å²) in [4.78, 5) is 20.0. The third-order valence-electron chi connectivity index (χ3n) is 5.12. The van der Waals surface area contributed by atoms with Gasteiger partial charge in [0.2, 0.25) is 0 Å². The number of amides is 1. The molecule has 0 unspecified atom stereocenters. The topological polar surface area (TPSA) is 72.4 Å². The van der Waals surface area contributed by atoms with Crippen LogP contribution in [0.1, 0.15) is 53.8 Å². The van der Waals surface area contributed by atoms with Gasteiger partial charge in [-0.05, 0) is 58.1 Å². The molecule has 1 amide bonds. The lowest BCUT2D eigenvalue weighted by molar-refractivity contribution is 0.0749. The zero-order chi connectivity index (χ0) is 19.1. The van der Waals surface area contributed by atoms with E-state index in [1.165, 1.54) is 12.8 Å². The highest BCUT2D eigenvalue weighted by molar-refractivity contribution is 6.07. The summed E-state index contributed by atoms with van der Waals surface area (Å²) in [5, 5.41) is 4.76. The van der Waals surface area contributed by atoms with Gasteiger partial charge >= 0.3 is 0 Å². The van der Waals surface area contributed by atoms with E-state index in [4.69, 9.17) is 8.94 Å². The summed E-state index contributed by atoms with van der Waals surface area (Å²) >= 11 is 0. The maximum Gasteiger partial charge on any atom is 0.259 e. The molecular weight excluding hydrogens is 342 g/mol. The standard InChI is InChI=1S/C21H25N3O3/c1-5-8-24(11-15-6-7-15)21(25)17-10-18(16-9-12(2)26-14(16)4)22-20-19(17)13(3)23-27-20/h9-10,15H,5-8,11H2,1-4H3. The van der Waals surface area contributed by atoms with Crippen LogP contribution in [0.2, 0.25) is 0 Å². The molecule has 1 aliphatic rings. The summed E-state index contributed by atoms with van der Waals surface area (Å²) in [6.07, 6.45) is 3.36. The Balaban J connectivity index is 1.83. The van der Waals surface area contributed by atoms with Crippen LogP contribution in [0, 0.1) is 26.7 Å². The Hall–Kier alpha value is -2.63. The van der Waals surface area contributed by atoms with Crippen molar-refractivity contribution in [3.8, 4) is 11.3 Å². The largest absolute Gasteiger partial charge is 0.466 e. The molecule has 1 saturated carbocycles. The fourth-order valence-corrected chi connectivity index (χ4v) is 3.61. The van der Waals surface area contributed by atoms with Gasteiger partial charge in [0.25, 0.3) is 11.6 Å². The van der Waals surface area contributed by atoms with E-state index in [0.29, 0.717) is 34.0 Å². The summed E-state index contributed by atoms with van der Waals surface area (Å²) < 4.78 is 11.1. The number of carbonyl (C=O) groups is 1. The lowest BCUT2D eigenvalue weighted by Crippen LogP contribution is -2.33. The molecule has 0 atom stereocenters. The zero-order valence-corrected chi connectivity index (χ0v) is 16.3. The fraction of sp³-hybridized carbons (Fsp3) is 0.476. The third kappa shape index (κ3) is 3.36. The molecule has 27 heavy (non-hydrogen) atoms. The average molecular weight is 367 g/mol. The molecule has 0 saturated heterocycles. The molecule has 142 valence electrons. The van der Waals surface area contributed by atoms with E-state index in [9.17, 15) is 4.79 Å². The molecule has 6 heteroatoms. The van der Waals surface area contributed by atoms with Crippen molar-refractivity contribution in [2.45, 2.75) is 47.0 Å². The first-order chi connectivity index (χ1) is 13.0. The van der Waals surface area contributed by atoms with Crippen LogP contribution in [-0.4, -0.2) is 34.0 Å². The number of aromatic nitrogens is 2. The minimum atomic E-state index is 0.0292. The number of carbonyl (C=O) groups excluding carboxylic acids is 1. The molecule has 6 nitrogen and oxygen atoms in total. The van der Waals surface area contributed by atoms with E-state index in [0.717, 1.165) is 36.6 Å². The average Bonchev–Trinajstić information content (AvgIpc) is 3.29. The maximum atomic E-state index is 13.4. The van der Waals surface area contributed by atoms with Gasteiger partial charge in [-0.2, -0.15) is 0 Å². The molecule has 1 fully saturated rings. The van der Waals surface area contributed by atoms with Crippen LogP contribution in [0.15, 0.2) is 21.1 Å². The van der Waals surface area contributed by atoms with Gasteiger partial charge in [0.1, 0.15) is 11.5 Å². The SMILES string of the molecule is CCCN(CC1CC1)C(=O)c1cc(-c2cc(C)oc2C)nc2onc(C)c12. The highest BCUT2D eigenvalue weighted by Crippen LogP contribution is 2.33. The Morgan fingerprint density at radius 1 is 1.26 bits per heavy atom. The van der Waals surface area contributed by atoms with Gasteiger partial charge in [-0.25, -0.2) is 4.98 Å². The molecule has 3 heterocycles. The van der Waals surface area contributed by atoms with Crippen molar-refractivity contribution in [2.75, 3.05) is 13.1 Å². The zero-order valence-electron chi connectivity index (χ0n) is 16.3. The van der Waals surface area contributed by atoms with Crippen LogP contribution in [0.3, 0.4) is 0 Å². The Morgan fingerprint density at radius 2 is 2.04 bits per heavy atom. The summed E-state index contributed by atoms with van der Waals surface area (Å²) in [5.74, 6) is 2.26. The molecule has 1 aliphatic carbocycles. The van der Waals surface area contributed by atoms with Gasteiger partial charge in [0.15, 0.2) is 0 Å². The van der Waals surface area contributed by atoms with Crippen LogP contribution in [0.25, 0.3) is 22.4 Å². The second-order valence-electron chi connectivity index (χ2n) is 7.52. The van der Waals surface area contributed by atoms with Crippen LogP contribution in [0.4, 0.5) is 0 Å². The molecule has 0 aliphatic heterocycles. The first-order valence-electron chi connectivity index (χ1n) is 9.61. The molecule has 3 aromatic heterocycles. The summed E-state index contributed by atoms with van der Waals surface area (Å²) in [7, 11) is 0. The summed E-state index contributed by atoms with van der Waals surface area (Å²) in [6.45, 7) is 9.32. The minimum absolute atomic E-state index is 0.0292. The number of rotatable bonds is 6. The number of aryl methyl sites for hydroxylation is 3. The van der Waals surface area contributed by atoms with Crippen molar-refractivity contribution in [3.05, 3.63) is 34.9 Å². The molecular formula is C21H25N3O3. The predicted molar refractivity (Wildman–Crippen MR) is 103 cm³/mol. The Bertz CT molecular complexity index is 998. The number of hydrogen-bond donors (Lipinski definition) is 0. The third-order valence-corrected chi connectivity index (χ3v) is 5.12. The van der Waals surface area contributed by atoms with Crippen LogP contribution in [-0.2, 0) is 0 Å². The number of fused-ring (bicyclic) bond motifs is 1. The van der Waals surface area contributed by atoms with Crippen molar-refractivity contribution in [3.63, 3.8) is 0 Å². The van der Waals surface area contributed by atoms with Gasteiger partial charge < -0.3 is 13.8 Å². The quantitative estimate of drug-likeness (QED) is 0.633. The van der Waals surface area contributed by atoms with E-state index < -0.39 is 0 Å². The molecule has 0 aromatic carbocycles. The Morgan fingerprint density at radius 3 is 2.67 bits per heavy atom. The molecule has 0 bridgehead atoms. The van der Waals surface area contributed by atoms with Crippen LogP contribution in [0.5, 0.6) is 0 Å². The number of furan rings is 1. The van der Waals surface area contributed by atoms with Gasteiger partial charge in [0, 0.05) is 18.7 Å². The van der Waals surface area contributed by atoms with Crippen molar-refractivity contribution < 1.29 is 13.7 Å². The van der Waals surface area contributed by atoms with Crippen molar-refractivity contribution >= 4 is 17.0 Å². The van der Waals surface area contributed by atoms with Crippen molar-refractivity contribution in [2.24, 2.45) is 5.92 Å². The second-order valence-corrected chi connectivity index (χ2v) is 7.52. The second kappa shape index (κ2) is 6.83. The fourth-order valence-electron chi connectivity index (χ4n) is 3.61. The van der Waals surface area contributed by atoms with Crippen molar-refractivity contribution in [1.82, 2.24) is 15.0 Å². The normalized spacial score (nSPS) is 14.1. The first-order valence-corrected chi connectivity index (χ1v) is 9.61. The van der Waals surface area contributed by atoms with Crippen LogP contribution < -0.4 is 0 Å². The Kier molecular flexibility index (Phi) is 4.50. The lowest BCUT2D eigenvalue weighted by Gasteiger charge is -2.22. The maximum absolute atomic E-state index is 13.4. The highest BCUT2D eigenvalue weighted by atomic mass is 16.5. The van der Waals surface area contributed by atoms with Gasteiger partial charge in [-0.1, -0.05) is 12.1 Å². The number of nitrogens with zero attached hydrogens (tertiary/aromatic N) is 3. The minimum Gasteiger partial charge on any atom is -0.466 e. The van der Waals surface area contributed by atoms with E-state index in [-0.39, 0.29) is 5.91 Å². The first kappa shape index (κ1) is 17.8. The lowest BCUT2D eigenvalue weighted by atomic mass is 10.0. The number of pyridine rings is 1. The monoisotopic (exact) mass is 367 g/mol. The Labute approximate surface area is 158 Å². The molecule has 0 radical (unpaired) electrons. The van der Waals surface area contributed by atoms with E-state index in [2.05, 4.69) is 17.1 Å². The predicted octanol–water partition coefficient (Wildman–Crippen LogP) is 4.67. The molecule has 0 spiro atoms. The van der Waals surface area contributed by atoms with Crippen molar-refractivity contribution in [1.29, 1.82) is 0 Å². The number of hydrogen-bond acceptors (Lipinski definition) is 5. The molecule has 4 rings (SSSR count). The smallest absolute Gasteiger partial charge is 0.259 e. The molecule has 0 N–H and O–H groups in total. The summed E-state index contributed by atoms with van der Waals surface area (Å²) in [6, 6.07) is 3.80. The van der Waals surface area contributed by atoms with E-state index in [1.54, 1.807) is 0 Å². The van der Waals surface area contributed by atoms with Gasteiger partial charge in [-0.15, -0.1) is 0 Å². The van der Waals surface area contributed by atoms with Crippen LogP contribution >= 0.6 is 0 Å². The van der Waals surface area contributed by atoms with Gasteiger partial charge in [-0.3, -0.25) is 4.79 Å². The molecule has 3 aromatic rings. The van der Waals surface area contributed by atoms with E-state index in [1.807, 2.05) is 37.8 Å². The summed E-state index contributed by atoms with van der Waals surface area (Å²) in [5.41, 5.74) is 3.26. The van der Waals surface area contributed by atoms with Gasteiger partial charge in [0.05, 0.1) is 22.3 Å². The highest BCUT2D eigenvalue weighted by Gasteiger charge is 2.29. The van der Waals surface area contributed by atoms with E-state index >= 15 is 0 Å².